The molecule has 2 amide bonds. The number of aliphatic hydroxyl groups excluding tert-OH is 1. The molecule has 0 unspecified atom stereocenters. The summed E-state index contributed by atoms with van der Waals surface area (Å²) in [4.78, 5) is 25.1. The van der Waals surface area contributed by atoms with Crippen molar-refractivity contribution in [2.75, 3.05) is 16.8 Å². The van der Waals surface area contributed by atoms with Gasteiger partial charge in [0.15, 0.2) is 6.29 Å². The summed E-state index contributed by atoms with van der Waals surface area (Å²) in [6.07, 6.45) is 2.53. The zero-order valence-electron chi connectivity index (χ0n) is 32.1. The Morgan fingerprint density at radius 1 is 0.793 bits per heavy atom. The van der Waals surface area contributed by atoms with Gasteiger partial charge in [-0.3, -0.25) is 9.59 Å². The molecule has 0 bridgehead atoms. The van der Waals surface area contributed by atoms with E-state index in [9.17, 15) is 14.7 Å². The number of unbranched alkanes of at least 4 members (excludes halogenated alkanes) is 2. The van der Waals surface area contributed by atoms with Gasteiger partial charge in [0.05, 0.1) is 35.9 Å². The van der Waals surface area contributed by atoms with Crippen LogP contribution in [0, 0.1) is 0 Å². The summed E-state index contributed by atoms with van der Waals surface area (Å²) in [6, 6.07) is 41.0. The number of hydrogen-bond donors (Lipinski definition) is 4. The number of para-hydroxylation sites is 3. The van der Waals surface area contributed by atoms with E-state index in [4.69, 9.17) is 15.2 Å². The number of carbonyl (C=O) groups is 2. The maximum atomic E-state index is 12.8. The molecule has 298 valence electrons. The van der Waals surface area contributed by atoms with E-state index in [2.05, 4.69) is 44.4 Å². The Kier molecular flexibility index (Phi) is 13.9. The topological polar surface area (TPSA) is 167 Å². The van der Waals surface area contributed by atoms with Crippen LogP contribution in [0.25, 0.3) is 16.8 Å². The highest BCUT2D eigenvalue weighted by Gasteiger charge is 2.33. The number of carbonyl (C=O) groups excluding carboxylic acids is 2. The Hall–Kier alpha value is -5.86. The summed E-state index contributed by atoms with van der Waals surface area (Å²) in [7, 11) is 0. The van der Waals surface area contributed by atoms with Crippen LogP contribution in [0.15, 0.2) is 133 Å². The molecule has 7 rings (SSSR count). The average Bonchev–Trinajstić information content (AvgIpc) is 3.75. The standard InChI is InChI=1S/C45H47N7O5S/c46-39-15-9-10-16-40(39)48-43(55)18-6-2-5-17-42(54)47-28-35-11-7-8-14-38(35)32-23-25-34(26-24-32)44-56-37(27-41(57-44)33-21-19-31(29-53)20-22-33)30-58-45-49-50-51-52(45)36-12-3-1-4-13-36/h1,3-4,7-16,19-26,37,41,44,53H,2,5-6,17-18,27-30,46H2,(H,47,54)(H,48,55)/t37-,41+,44+/m0/s1. The van der Waals surface area contributed by atoms with Crippen molar-refractivity contribution in [2.45, 2.75) is 75.3 Å². The Morgan fingerprint density at radius 2 is 1.50 bits per heavy atom. The van der Waals surface area contributed by atoms with E-state index in [1.165, 1.54) is 11.8 Å². The number of benzene rings is 5. The van der Waals surface area contributed by atoms with Crippen molar-refractivity contribution in [2.24, 2.45) is 0 Å². The van der Waals surface area contributed by atoms with Gasteiger partial charge in [-0.15, -0.1) is 5.10 Å². The van der Waals surface area contributed by atoms with Crippen molar-refractivity contribution < 1.29 is 24.2 Å². The van der Waals surface area contributed by atoms with E-state index in [0.29, 0.717) is 60.9 Å². The van der Waals surface area contributed by atoms with Gasteiger partial charge in [-0.2, -0.15) is 4.68 Å². The third-order valence-corrected chi connectivity index (χ3v) is 11.0. The summed E-state index contributed by atoms with van der Waals surface area (Å²) in [6.45, 7) is 0.376. The number of rotatable bonds is 17. The number of amides is 2. The second-order valence-electron chi connectivity index (χ2n) is 14.1. The van der Waals surface area contributed by atoms with Gasteiger partial charge in [0.1, 0.15) is 0 Å². The second kappa shape index (κ2) is 20.0. The van der Waals surface area contributed by atoms with Gasteiger partial charge < -0.3 is 30.9 Å². The quantitative estimate of drug-likeness (QED) is 0.0404. The smallest absolute Gasteiger partial charge is 0.224 e. The van der Waals surface area contributed by atoms with E-state index in [1.54, 1.807) is 16.8 Å². The molecule has 0 aliphatic carbocycles. The fourth-order valence-electron chi connectivity index (χ4n) is 6.82. The Balaban J connectivity index is 0.950. The number of nitrogens with two attached hydrogens (primary N) is 1. The SMILES string of the molecule is Nc1ccccc1NC(=O)CCCCCC(=O)NCc1ccccc1-c1ccc([C@@H]2O[C@H](CSc3nnnn3-c3ccccc3)C[C@H](c3ccc(CO)cc3)O2)cc1. The van der Waals surface area contributed by atoms with E-state index >= 15 is 0 Å². The normalized spacial score (nSPS) is 16.5. The van der Waals surface area contributed by atoms with E-state index in [1.807, 2.05) is 97.1 Å². The number of hydrogen-bond acceptors (Lipinski definition) is 10. The lowest BCUT2D eigenvalue weighted by Gasteiger charge is -2.36. The van der Waals surface area contributed by atoms with Crippen molar-refractivity contribution in [1.29, 1.82) is 0 Å². The molecule has 58 heavy (non-hydrogen) atoms. The van der Waals surface area contributed by atoms with Crippen molar-refractivity contribution in [3.8, 4) is 16.8 Å². The summed E-state index contributed by atoms with van der Waals surface area (Å²) in [5.74, 6) is 0.499. The zero-order valence-corrected chi connectivity index (χ0v) is 32.9. The van der Waals surface area contributed by atoms with E-state index in [0.717, 1.165) is 45.5 Å². The number of nitrogens with one attached hydrogen (secondary N) is 2. The van der Waals surface area contributed by atoms with Crippen LogP contribution >= 0.6 is 11.8 Å². The third-order valence-electron chi connectivity index (χ3n) is 9.98. The molecular weight excluding hydrogens is 751 g/mol. The van der Waals surface area contributed by atoms with E-state index in [-0.39, 0.29) is 30.6 Å². The monoisotopic (exact) mass is 797 g/mol. The summed E-state index contributed by atoms with van der Waals surface area (Å²) in [5, 5.41) is 28.6. The van der Waals surface area contributed by atoms with Crippen LogP contribution < -0.4 is 16.4 Å². The van der Waals surface area contributed by atoms with Crippen LogP contribution in [0.2, 0.25) is 0 Å². The minimum Gasteiger partial charge on any atom is -0.397 e. The van der Waals surface area contributed by atoms with Crippen LogP contribution in [0.5, 0.6) is 0 Å². The van der Waals surface area contributed by atoms with Crippen LogP contribution in [0.4, 0.5) is 11.4 Å². The van der Waals surface area contributed by atoms with Crippen molar-refractivity contribution in [1.82, 2.24) is 25.5 Å². The highest BCUT2D eigenvalue weighted by Crippen LogP contribution is 2.40. The summed E-state index contributed by atoms with van der Waals surface area (Å²) in [5.41, 5.74) is 13.7. The van der Waals surface area contributed by atoms with Crippen LogP contribution in [0.3, 0.4) is 0 Å². The molecule has 2 heterocycles. The van der Waals surface area contributed by atoms with Crippen molar-refractivity contribution in [3.63, 3.8) is 0 Å². The molecule has 1 aliphatic rings. The fraction of sp³-hybridized carbons (Fsp3) is 0.267. The fourth-order valence-corrected chi connectivity index (χ4v) is 7.73. The van der Waals surface area contributed by atoms with Gasteiger partial charge in [0.2, 0.25) is 17.0 Å². The molecule has 12 nitrogen and oxygen atoms in total. The Labute approximate surface area is 342 Å². The molecule has 5 aromatic carbocycles. The second-order valence-corrected chi connectivity index (χ2v) is 15.1. The molecule has 1 fully saturated rings. The first kappa shape index (κ1) is 40.3. The molecule has 1 aromatic heterocycles. The predicted octanol–water partition coefficient (Wildman–Crippen LogP) is 7.95. The number of aliphatic hydroxyl groups is 1. The van der Waals surface area contributed by atoms with Gasteiger partial charge in [0, 0.05) is 37.1 Å². The number of aromatic nitrogens is 4. The Morgan fingerprint density at radius 3 is 2.28 bits per heavy atom. The zero-order chi connectivity index (χ0) is 40.1. The number of thioether (sulfide) groups is 1. The van der Waals surface area contributed by atoms with Crippen LogP contribution in [0.1, 0.15) is 73.2 Å². The molecule has 1 aliphatic heterocycles. The van der Waals surface area contributed by atoms with Crippen molar-refractivity contribution >= 4 is 35.0 Å². The largest absolute Gasteiger partial charge is 0.397 e. The van der Waals surface area contributed by atoms with Gasteiger partial charge in [-0.25, -0.2) is 0 Å². The predicted molar refractivity (Wildman–Crippen MR) is 225 cm³/mol. The first-order valence-corrected chi connectivity index (χ1v) is 20.5. The molecule has 0 radical (unpaired) electrons. The maximum Gasteiger partial charge on any atom is 0.224 e. The van der Waals surface area contributed by atoms with Crippen LogP contribution in [-0.2, 0) is 32.2 Å². The van der Waals surface area contributed by atoms with E-state index < -0.39 is 6.29 Å². The number of nitrogen functional groups attached to an aromatic ring is 1. The van der Waals surface area contributed by atoms with Crippen LogP contribution in [-0.4, -0.2) is 49.0 Å². The summed E-state index contributed by atoms with van der Waals surface area (Å²) < 4.78 is 14.9. The highest BCUT2D eigenvalue weighted by molar-refractivity contribution is 7.99. The summed E-state index contributed by atoms with van der Waals surface area (Å²) >= 11 is 1.54. The first-order chi connectivity index (χ1) is 28.4. The lowest BCUT2D eigenvalue weighted by Crippen LogP contribution is -2.31. The molecule has 0 spiro atoms. The first-order valence-electron chi connectivity index (χ1n) is 19.5. The minimum absolute atomic E-state index is 0.0235. The average molecular weight is 798 g/mol. The minimum atomic E-state index is -0.618. The number of nitrogens with zero attached hydrogens (tertiary/aromatic N) is 4. The lowest BCUT2D eigenvalue weighted by atomic mass is 9.97. The molecule has 1 saturated heterocycles. The van der Waals surface area contributed by atoms with Crippen molar-refractivity contribution in [3.05, 3.63) is 150 Å². The Bertz CT molecular complexity index is 2250. The molecular formula is C45H47N7O5S. The highest BCUT2D eigenvalue weighted by atomic mass is 32.2. The molecule has 0 saturated carbocycles. The molecule has 13 heteroatoms. The van der Waals surface area contributed by atoms with Gasteiger partial charge in [0.25, 0.3) is 0 Å². The molecule has 6 aromatic rings. The molecule has 5 N–H and O–H groups in total. The van der Waals surface area contributed by atoms with Gasteiger partial charge in [-0.05, 0) is 75.4 Å². The van der Waals surface area contributed by atoms with Gasteiger partial charge in [-0.1, -0.05) is 121 Å². The number of ether oxygens (including phenoxy) is 2. The third kappa shape index (κ3) is 10.7. The maximum absolute atomic E-state index is 12.8. The lowest BCUT2D eigenvalue weighted by molar-refractivity contribution is -0.245. The number of anilines is 2. The van der Waals surface area contributed by atoms with Gasteiger partial charge >= 0.3 is 0 Å². The number of tetrazole rings is 1. The molecule has 3 atom stereocenters.